The molecule has 106 valence electrons. The fraction of sp³-hybridized carbons (Fsp3) is 0.667. The van der Waals surface area contributed by atoms with Crippen molar-refractivity contribution in [1.29, 1.82) is 0 Å². The highest BCUT2D eigenvalue weighted by Gasteiger charge is 2.30. The van der Waals surface area contributed by atoms with E-state index in [1.54, 1.807) is 0 Å². The van der Waals surface area contributed by atoms with Crippen LogP contribution in [0.2, 0.25) is 0 Å². The lowest BCUT2D eigenvalue weighted by Crippen LogP contribution is -2.46. The molecule has 1 aromatic rings. The molecule has 1 aliphatic carbocycles. The van der Waals surface area contributed by atoms with Gasteiger partial charge in [-0.15, -0.1) is 0 Å². The highest BCUT2D eigenvalue weighted by atomic mass is 16.2. The van der Waals surface area contributed by atoms with E-state index >= 15 is 0 Å². The molecule has 0 saturated heterocycles. The topological polar surface area (TPSA) is 51.3 Å². The van der Waals surface area contributed by atoms with Gasteiger partial charge in [-0.3, -0.25) is 4.79 Å². The van der Waals surface area contributed by atoms with Gasteiger partial charge in [0.25, 0.3) is 5.91 Å². The van der Waals surface area contributed by atoms with Crippen LogP contribution in [-0.4, -0.2) is 35.0 Å². The Morgan fingerprint density at radius 2 is 2.21 bits per heavy atom. The zero-order chi connectivity index (χ0) is 13.8. The fourth-order valence-electron chi connectivity index (χ4n) is 3.19. The molecule has 1 heterocycles. The second kappa shape index (κ2) is 6.24. The Hall–Kier alpha value is -1.29. The van der Waals surface area contributed by atoms with Crippen molar-refractivity contribution in [2.45, 2.75) is 45.2 Å². The van der Waals surface area contributed by atoms with Gasteiger partial charge in [0, 0.05) is 25.8 Å². The van der Waals surface area contributed by atoms with Gasteiger partial charge in [-0.25, -0.2) is 0 Å². The molecule has 0 bridgehead atoms. The zero-order valence-electron chi connectivity index (χ0n) is 12.0. The molecule has 2 atom stereocenters. The van der Waals surface area contributed by atoms with Crippen molar-refractivity contribution in [3.63, 3.8) is 0 Å². The largest absolute Gasteiger partial charge is 0.344 e. The molecule has 0 radical (unpaired) electrons. The normalized spacial score (nSPS) is 23.3. The van der Waals surface area contributed by atoms with E-state index in [1.165, 1.54) is 12.8 Å². The molecule has 1 fully saturated rings. The molecule has 4 nitrogen and oxygen atoms in total. The van der Waals surface area contributed by atoms with Crippen molar-refractivity contribution in [2.24, 2.45) is 11.7 Å². The van der Waals surface area contributed by atoms with Crippen molar-refractivity contribution in [2.75, 3.05) is 13.6 Å². The van der Waals surface area contributed by atoms with Crippen LogP contribution in [0, 0.1) is 5.92 Å². The summed E-state index contributed by atoms with van der Waals surface area (Å²) in [4.78, 5) is 14.5. The van der Waals surface area contributed by atoms with Gasteiger partial charge >= 0.3 is 0 Å². The first kappa shape index (κ1) is 14.1. The van der Waals surface area contributed by atoms with Crippen LogP contribution in [-0.2, 0) is 6.54 Å². The molecule has 0 aromatic carbocycles. The number of nitrogens with zero attached hydrogens (tertiary/aromatic N) is 2. The van der Waals surface area contributed by atoms with E-state index in [2.05, 4.69) is 6.92 Å². The van der Waals surface area contributed by atoms with Crippen molar-refractivity contribution in [3.05, 3.63) is 24.0 Å². The molecule has 1 amide bonds. The average Bonchev–Trinajstić information content (AvgIpc) is 2.94. The van der Waals surface area contributed by atoms with E-state index in [-0.39, 0.29) is 5.91 Å². The third-order valence-corrected chi connectivity index (χ3v) is 4.38. The maximum Gasteiger partial charge on any atom is 0.270 e. The van der Waals surface area contributed by atoms with E-state index in [4.69, 9.17) is 5.73 Å². The van der Waals surface area contributed by atoms with E-state index in [9.17, 15) is 4.79 Å². The summed E-state index contributed by atoms with van der Waals surface area (Å²) in [6.07, 6.45) is 6.63. The van der Waals surface area contributed by atoms with Crippen LogP contribution >= 0.6 is 0 Å². The zero-order valence-corrected chi connectivity index (χ0v) is 12.0. The summed E-state index contributed by atoms with van der Waals surface area (Å²) < 4.78 is 2.00. The van der Waals surface area contributed by atoms with Gasteiger partial charge < -0.3 is 15.2 Å². The summed E-state index contributed by atoms with van der Waals surface area (Å²) in [6, 6.07) is 4.14. The first-order valence-electron chi connectivity index (χ1n) is 7.31. The van der Waals surface area contributed by atoms with Gasteiger partial charge in [-0.1, -0.05) is 12.8 Å². The van der Waals surface area contributed by atoms with Crippen molar-refractivity contribution < 1.29 is 4.79 Å². The molecule has 1 aliphatic rings. The summed E-state index contributed by atoms with van der Waals surface area (Å²) >= 11 is 0. The Morgan fingerprint density at radius 3 is 2.89 bits per heavy atom. The van der Waals surface area contributed by atoms with Crippen LogP contribution in [0.15, 0.2) is 18.3 Å². The minimum absolute atomic E-state index is 0.122. The maximum absolute atomic E-state index is 12.6. The molecule has 2 unspecified atom stereocenters. The highest BCUT2D eigenvalue weighted by Crippen LogP contribution is 2.28. The predicted octanol–water partition coefficient (Wildman–Crippen LogP) is 2.10. The van der Waals surface area contributed by atoms with Crippen LogP contribution in [0.3, 0.4) is 0 Å². The summed E-state index contributed by atoms with van der Waals surface area (Å²) in [5.74, 6) is 0.574. The number of carbonyl (C=O) groups is 1. The average molecular weight is 263 g/mol. The first-order valence-corrected chi connectivity index (χ1v) is 7.31. The second-order valence-corrected chi connectivity index (χ2v) is 5.44. The van der Waals surface area contributed by atoms with E-state index < -0.39 is 0 Å². The molecular formula is C15H25N3O. The lowest BCUT2D eigenvalue weighted by atomic mass is 9.83. The number of carbonyl (C=O) groups excluding carboxylic acids is 1. The summed E-state index contributed by atoms with van der Waals surface area (Å²) in [6.45, 7) is 3.56. The first-order chi connectivity index (χ1) is 9.19. The van der Waals surface area contributed by atoms with Crippen LogP contribution in [0.25, 0.3) is 0 Å². The molecule has 0 spiro atoms. The Bertz CT molecular complexity index is 427. The van der Waals surface area contributed by atoms with E-state index in [0.29, 0.717) is 18.5 Å². The molecule has 2 rings (SSSR count). The standard InChI is InChI=1S/C15H25N3O/c1-3-18-10-6-9-14(18)15(19)17(2)13-8-5-4-7-12(13)11-16/h6,9-10,12-13H,3-5,7-8,11,16H2,1-2H3. The lowest BCUT2D eigenvalue weighted by Gasteiger charge is -2.37. The van der Waals surface area contributed by atoms with E-state index in [0.717, 1.165) is 25.1 Å². The van der Waals surface area contributed by atoms with Crippen molar-refractivity contribution in [1.82, 2.24) is 9.47 Å². The monoisotopic (exact) mass is 263 g/mol. The SMILES string of the molecule is CCn1cccc1C(=O)N(C)C1CCCCC1CN. The van der Waals surface area contributed by atoms with Crippen LogP contribution < -0.4 is 5.73 Å². The summed E-state index contributed by atoms with van der Waals surface area (Å²) in [5, 5.41) is 0. The molecular weight excluding hydrogens is 238 g/mol. The minimum atomic E-state index is 0.122. The predicted molar refractivity (Wildman–Crippen MR) is 77.0 cm³/mol. The Kier molecular flexibility index (Phi) is 4.64. The Labute approximate surface area is 115 Å². The molecule has 2 N–H and O–H groups in total. The molecule has 1 saturated carbocycles. The maximum atomic E-state index is 12.6. The van der Waals surface area contributed by atoms with Crippen LogP contribution in [0.4, 0.5) is 0 Å². The Balaban J connectivity index is 2.14. The molecule has 19 heavy (non-hydrogen) atoms. The lowest BCUT2D eigenvalue weighted by molar-refractivity contribution is 0.0610. The Morgan fingerprint density at radius 1 is 1.47 bits per heavy atom. The van der Waals surface area contributed by atoms with Crippen molar-refractivity contribution >= 4 is 5.91 Å². The van der Waals surface area contributed by atoms with Crippen LogP contribution in [0.5, 0.6) is 0 Å². The number of amides is 1. The number of hydrogen-bond donors (Lipinski definition) is 1. The number of hydrogen-bond acceptors (Lipinski definition) is 2. The number of aromatic nitrogens is 1. The molecule has 4 heteroatoms. The quantitative estimate of drug-likeness (QED) is 0.904. The van der Waals surface area contributed by atoms with Crippen LogP contribution in [0.1, 0.15) is 43.1 Å². The molecule has 1 aromatic heterocycles. The highest BCUT2D eigenvalue weighted by molar-refractivity contribution is 5.92. The van der Waals surface area contributed by atoms with Crippen molar-refractivity contribution in [3.8, 4) is 0 Å². The number of nitrogens with two attached hydrogens (primary N) is 1. The van der Waals surface area contributed by atoms with Gasteiger partial charge in [-0.05, 0) is 44.4 Å². The van der Waals surface area contributed by atoms with Gasteiger partial charge in [0.05, 0.1) is 0 Å². The third-order valence-electron chi connectivity index (χ3n) is 4.38. The molecule has 0 aliphatic heterocycles. The third kappa shape index (κ3) is 2.84. The van der Waals surface area contributed by atoms with Gasteiger partial charge in [0.2, 0.25) is 0 Å². The van der Waals surface area contributed by atoms with Gasteiger partial charge in [-0.2, -0.15) is 0 Å². The smallest absolute Gasteiger partial charge is 0.270 e. The fourth-order valence-corrected chi connectivity index (χ4v) is 3.19. The summed E-state index contributed by atoms with van der Waals surface area (Å²) in [5.41, 5.74) is 6.65. The van der Waals surface area contributed by atoms with E-state index in [1.807, 2.05) is 34.8 Å². The minimum Gasteiger partial charge on any atom is -0.344 e. The van der Waals surface area contributed by atoms with Gasteiger partial charge in [0.15, 0.2) is 0 Å². The number of rotatable bonds is 4. The summed E-state index contributed by atoms with van der Waals surface area (Å²) in [7, 11) is 1.92. The van der Waals surface area contributed by atoms with Gasteiger partial charge in [0.1, 0.15) is 5.69 Å². The number of aryl methyl sites for hydroxylation is 1. The second-order valence-electron chi connectivity index (χ2n) is 5.44.